The van der Waals surface area contributed by atoms with E-state index in [-0.39, 0.29) is 23.9 Å². The molecule has 0 atom stereocenters. The second-order valence-electron chi connectivity index (χ2n) is 7.96. The molecule has 2 heterocycles. The van der Waals surface area contributed by atoms with Crippen molar-refractivity contribution in [2.24, 2.45) is 0 Å². The Bertz CT molecular complexity index is 1200. The quantitative estimate of drug-likeness (QED) is 0.338. The molecule has 1 saturated heterocycles. The monoisotopic (exact) mass is 467 g/mol. The third-order valence-electron chi connectivity index (χ3n) is 5.80. The van der Waals surface area contributed by atoms with Crippen molar-refractivity contribution < 1.29 is 14.9 Å². The van der Waals surface area contributed by atoms with Crippen LogP contribution >= 0.6 is 23.7 Å². The van der Waals surface area contributed by atoms with Crippen molar-refractivity contribution in [3.8, 4) is 38.8 Å². The average Bonchev–Trinajstić information content (AvgIpc) is 3.42. The van der Waals surface area contributed by atoms with E-state index in [0.29, 0.717) is 6.61 Å². The number of fused-ring (bicyclic) bond motifs is 1. The topological polar surface area (TPSA) is 52.9 Å². The maximum Gasteiger partial charge on any atom is 0.119 e. The lowest BCUT2D eigenvalue weighted by Crippen LogP contribution is -2.25. The Hall–Kier alpha value is -2.73. The summed E-state index contributed by atoms with van der Waals surface area (Å²) in [4.78, 5) is 3.56. The first-order valence-corrected chi connectivity index (χ1v) is 11.5. The van der Waals surface area contributed by atoms with E-state index in [1.54, 1.807) is 29.5 Å². The van der Waals surface area contributed by atoms with Gasteiger partial charge in [-0.05, 0) is 91.7 Å². The van der Waals surface area contributed by atoms with Gasteiger partial charge in [-0.1, -0.05) is 12.1 Å². The number of halogens is 1. The normalized spacial score (nSPS) is 13.9. The van der Waals surface area contributed by atoms with Crippen molar-refractivity contribution in [1.82, 2.24) is 4.90 Å². The summed E-state index contributed by atoms with van der Waals surface area (Å²) in [5.74, 6) is 1.38. The lowest BCUT2D eigenvalue weighted by atomic mass is 9.98. The molecular weight excluding hydrogens is 442 g/mol. The van der Waals surface area contributed by atoms with Gasteiger partial charge in [0, 0.05) is 27.1 Å². The van der Waals surface area contributed by atoms with E-state index in [4.69, 9.17) is 4.74 Å². The highest BCUT2D eigenvalue weighted by Crippen LogP contribution is 2.46. The van der Waals surface area contributed by atoms with Gasteiger partial charge >= 0.3 is 0 Å². The largest absolute Gasteiger partial charge is 0.508 e. The zero-order chi connectivity index (χ0) is 21.2. The van der Waals surface area contributed by atoms with Gasteiger partial charge in [0.2, 0.25) is 0 Å². The van der Waals surface area contributed by atoms with Crippen molar-refractivity contribution in [1.29, 1.82) is 0 Å². The molecule has 1 aromatic heterocycles. The van der Waals surface area contributed by atoms with Crippen LogP contribution in [0.15, 0.2) is 66.7 Å². The third kappa shape index (κ3) is 4.70. The molecule has 0 radical (unpaired) electrons. The SMILES string of the molecule is Cl.Oc1ccc(-c2sc3cc(O)ccc3c2-c2cccc(OCCN3CCCC3)c2)cc1. The first-order valence-electron chi connectivity index (χ1n) is 10.7. The highest BCUT2D eigenvalue weighted by molar-refractivity contribution is 7.23. The van der Waals surface area contributed by atoms with E-state index in [1.165, 1.54) is 25.9 Å². The van der Waals surface area contributed by atoms with Crippen LogP contribution in [0.4, 0.5) is 0 Å². The first-order chi connectivity index (χ1) is 15.2. The van der Waals surface area contributed by atoms with Gasteiger partial charge in [-0.15, -0.1) is 23.7 Å². The lowest BCUT2D eigenvalue weighted by Gasteiger charge is -2.15. The number of phenolic OH excluding ortho intramolecular Hbond substituents is 2. The number of ether oxygens (including phenoxy) is 1. The standard InChI is InChI=1S/C26H25NO3S.ClH/c28-20-8-6-18(7-9-20)26-25(23-11-10-21(29)17-24(23)31-26)19-4-3-5-22(16-19)30-15-14-27-12-1-2-13-27;/h3-11,16-17,28-29H,1-2,12-15H2;1H. The molecule has 4 nitrogen and oxygen atoms in total. The average molecular weight is 468 g/mol. The lowest BCUT2D eigenvalue weighted by molar-refractivity contribution is 0.238. The van der Waals surface area contributed by atoms with Crippen LogP contribution in [0.25, 0.3) is 31.7 Å². The maximum atomic E-state index is 9.99. The molecule has 6 heteroatoms. The predicted octanol–water partition coefficient (Wildman–Crippen LogP) is 6.54. The minimum Gasteiger partial charge on any atom is -0.508 e. The zero-order valence-corrected chi connectivity index (χ0v) is 19.3. The number of hydrogen-bond acceptors (Lipinski definition) is 5. The molecule has 3 aromatic carbocycles. The first kappa shape index (κ1) is 22.5. The van der Waals surface area contributed by atoms with Gasteiger partial charge in [-0.3, -0.25) is 4.90 Å². The minimum absolute atomic E-state index is 0. The van der Waals surface area contributed by atoms with E-state index < -0.39 is 0 Å². The number of thiophene rings is 1. The summed E-state index contributed by atoms with van der Waals surface area (Å²) >= 11 is 1.64. The third-order valence-corrected chi connectivity index (χ3v) is 7.00. The molecule has 1 aliphatic heterocycles. The summed E-state index contributed by atoms with van der Waals surface area (Å²) in [6.45, 7) is 4.00. The highest BCUT2D eigenvalue weighted by atomic mass is 35.5. The summed E-state index contributed by atoms with van der Waals surface area (Å²) in [6, 6.07) is 21.0. The van der Waals surface area contributed by atoms with Crippen molar-refractivity contribution in [2.75, 3.05) is 26.2 Å². The van der Waals surface area contributed by atoms with Crippen LogP contribution in [0.2, 0.25) is 0 Å². The van der Waals surface area contributed by atoms with Gasteiger partial charge in [0.25, 0.3) is 0 Å². The number of nitrogens with zero attached hydrogens (tertiary/aromatic N) is 1. The molecule has 5 rings (SSSR count). The van der Waals surface area contributed by atoms with E-state index in [2.05, 4.69) is 17.0 Å². The fourth-order valence-electron chi connectivity index (χ4n) is 4.23. The summed E-state index contributed by atoms with van der Waals surface area (Å²) in [6.07, 6.45) is 2.58. The van der Waals surface area contributed by atoms with Gasteiger partial charge in [0.05, 0.1) is 0 Å². The smallest absolute Gasteiger partial charge is 0.119 e. The molecule has 166 valence electrons. The van der Waals surface area contributed by atoms with Crippen LogP contribution in [0.5, 0.6) is 17.2 Å². The van der Waals surface area contributed by atoms with Gasteiger partial charge in [0.1, 0.15) is 23.9 Å². The predicted molar refractivity (Wildman–Crippen MR) is 134 cm³/mol. The Morgan fingerprint density at radius 3 is 2.38 bits per heavy atom. The van der Waals surface area contributed by atoms with Gasteiger partial charge in [-0.25, -0.2) is 0 Å². The zero-order valence-electron chi connectivity index (χ0n) is 17.7. The molecule has 0 bridgehead atoms. The second kappa shape index (κ2) is 9.82. The summed E-state index contributed by atoms with van der Waals surface area (Å²) < 4.78 is 7.11. The summed E-state index contributed by atoms with van der Waals surface area (Å²) in [5, 5.41) is 20.8. The highest BCUT2D eigenvalue weighted by Gasteiger charge is 2.17. The van der Waals surface area contributed by atoms with E-state index in [9.17, 15) is 10.2 Å². The number of likely N-dealkylation sites (tertiary alicyclic amines) is 1. The van der Waals surface area contributed by atoms with Gasteiger partial charge in [0.15, 0.2) is 0 Å². The van der Waals surface area contributed by atoms with Gasteiger partial charge in [-0.2, -0.15) is 0 Å². The van der Waals surface area contributed by atoms with Crippen LogP contribution in [0, 0.1) is 0 Å². The molecule has 32 heavy (non-hydrogen) atoms. The van der Waals surface area contributed by atoms with E-state index in [0.717, 1.165) is 43.9 Å². The van der Waals surface area contributed by atoms with Crippen molar-refractivity contribution in [3.05, 3.63) is 66.7 Å². The fraction of sp³-hybridized carbons (Fsp3) is 0.231. The molecule has 0 saturated carbocycles. The van der Waals surface area contributed by atoms with Gasteiger partial charge < -0.3 is 14.9 Å². The van der Waals surface area contributed by atoms with Crippen LogP contribution in [-0.2, 0) is 0 Å². The van der Waals surface area contributed by atoms with Crippen LogP contribution in [-0.4, -0.2) is 41.4 Å². The fourth-order valence-corrected chi connectivity index (χ4v) is 5.49. The molecule has 4 aromatic rings. The van der Waals surface area contributed by atoms with Crippen molar-refractivity contribution in [3.63, 3.8) is 0 Å². The molecule has 0 spiro atoms. The molecule has 0 unspecified atom stereocenters. The molecule has 1 fully saturated rings. The van der Waals surface area contributed by atoms with Crippen molar-refractivity contribution in [2.45, 2.75) is 12.8 Å². The number of rotatable bonds is 6. The molecule has 0 aliphatic carbocycles. The molecule has 0 amide bonds. The van der Waals surface area contributed by atoms with Crippen LogP contribution < -0.4 is 4.74 Å². The Morgan fingerprint density at radius 2 is 1.59 bits per heavy atom. The maximum absolute atomic E-state index is 9.99. The Labute approximate surface area is 198 Å². The number of aromatic hydroxyl groups is 2. The number of benzene rings is 3. The molecule has 1 aliphatic rings. The minimum atomic E-state index is 0. The van der Waals surface area contributed by atoms with Crippen molar-refractivity contribution >= 4 is 33.8 Å². The van der Waals surface area contributed by atoms with E-state index in [1.807, 2.05) is 36.4 Å². The number of phenols is 2. The Balaban J connectivity index is 0.00000245. The van der Waals surface area contributed by atoms with E-state index >= 15 is 0 Å². The molecular formula is C26H26ClNO3S. The van der Waals surface area contributed by atoms with Crippen LogP contribution in [0.3, 0.4) is 0 Å². The second-order valence-corrected chi connectivity index (χ2v) is 9.01. The molecule has 2 N–H and O–H groups in total. The van der Waals surface area contributed by atoms with Crippen LogP contribution in [0.1, 0.15) is 12.8 Å². The summed E-state index contributed by atoms with van der Waals surface area (Å²) in [7, 11) is 0. The summed E-state index contributed by atoms with van der Waals surface area (Å²) in [5.41, 5.74) is 3.24. The number of hydrogen-bond donors (Lipinski definition) is 2. The Morgan fingerprint density at radius 1 is 0.844 bits per heavy atom. The Kier molecular flexibility index (Phi) is 6.89.